The monoisotopic (exact) mass is 371 g/mol. The molecule has 6 heteroatoms. The van der Waals surface area contributed by atoms with Gasteiger partial charge in [-0.1, -0.05) is 19.9 Å². The Balaban J connectivity index is 1.54. The van der Waals surface area contributed by atoms with E-state index in [4.69, 9.17) is 0 Å². The van der Waals surface area contributed by atoms with E-state index in [0.29, 0.717) is 6.54 Å². The maximum Gasteiger partial charge on any atom is 0.234 e. The van der Waals surface area contributed by atoms with Crippen molar-refractivity contribution in [3.63, 3.8) is 0 Å². The number of hydrogen-bond donors (Lipinski definition) is 1. The molecule has 1 N–H and O–H groups in total. The van der Waals surface area contributed by atoms with Crippen LogP contribution < -0.4 is 10.2 Å². The summed E-state index contributed by atoms with van der Waals surface area (Å²) < 4.78 is 0. The average Bonchev–Trinajstić information content (AvgIpc) is 2.69. The highest BCUT2D eigenvalue weighted by molar-refractivity contribution is 5.78. The molecule has 27 heavy (non-hydrogen) atoms. The highest BCUT2D eigenvalue weighted by atomic mass is 16.2. The minimum Gasteiger partial charge on any atom is -0.353 e. The first kappa shape index (κ1) is 19.8. The van der Waals surface area contributed by atoms with E-state index < -0.39 is 0 Å². The summed E-state index contributed by atoms with van der Waals surface area (Å²) in [6, 6.07) is 2.43. The molecule has 1 saturated heterocycles. The number of hydrogen-bond acceptors (Lipinski definition) is 5. The van der Waals surface area contributed by atoms with Gasteiger partial charge in [0, 0.05) is 37.8 Å². The maximum atomic E-state index is 12.1. The van der Waals surface area contributed by atoms with Gasteiger partial charge in [0.15, 0.2) is 5.82 Å². The van der Waals surface area contributed by atoms with Crippen molar-refractivity contribution in [1.29, 1.82) is 0 Å². The molecule has 1 amide bonds. The van der Waals surface area contributed by atoms with Crippen LogP contribution in [0.5, 0.6) is 0 Å². The van der Waals surface area contributed by atoms with Crippen LogP contribution in [0.15, 0.2) is 18.3 Å². The molecule has 1 aliphatic carbocycles. The molecule has 0 spiro atoms. The quantitative estimate of drug-likeness (QED) is 0.833. The molecule has 1 fully saturated rings. The Morgan fingerprint density at radius 1 is 1.33 bits per heavy atom. The molecule has 2 heterocycles. The number of anilines is 1. The lowest BCUT2D eigenvalue weighted by molar-refractivity contribution is -0.122. The van der Waals surface area contributed by atoms with Crippen LogP contribution in [0.4, 0.5) is 5.82 Å². The fourth-order valence-corrected chi connectivity index (χ4v) is 3.67. The van der Waals surface area contributed by atoms with Crippen molar-refractivity contribution in [2.75, 3.05) is 37.6 Å². The lowest BCUT2D eigenvalue weighted by Gasteiger charge is -2.35. The zero-order valence-corrected chi connectivity index (χ0v) is 16.9. The van der Waals surface area contributed by atoms with Crippen molar-refractivity contribution in [3.8, 4) is 0 Å². The van der Waals surface area contributed by atoms with Crippen LogP contribution in [0.1, 0.15) is 52.0 Å². The van der Waals surface area contributed by atoms with Gasteiger partial charge < -0.3 is 10.2 Å². The molecule has 2 unspecified atom stereocenters. The number of carbonyl (C=O) groups is 1. The van der Waals surface area contributed by atoms with E-state index in [1.165, 1.54) is 17.6 Å². The molecule has 0 radical (unpaired) electrons. The Hall–Kier alpha value is -1.95. The molecule has 2 aliphatic rings. The van der Waals surface area contributed by atoms with Crippen LogP contribution in [-0.2, 0) is 4.79 Å². The van der Waals surface area contributed by atoms with Gasteiger partial charge in [0.05, 0.1) is 12.7 Å². The van der Waals surface area contributed by atoms with Crippen molar-refractivity contribution in [2.45, 2.75) is 52.5 Å². The third kappa shape index (κ3) is 5.51. The molecule has 0 saturated carbocycles. The van der Waals surface area contributed by atoms with Crippen LogP contribution >= 0.6 is 0 Å². The zero-order chi connectivity index (χ0) is 19.2. The molecule has 0 bridgehead atoms. The van der Waals surface area contributed by atoms with E-state index in [2.05, 4.69) is 51.3 Å². The van der Waals surface area contributed by atoms with Gasteiger partial charge >= 0.3 is 0 Å². The number of amides is 1. The van der Waals surface area contributed by atoms with Crippen LogP contribution in [0.25, 0.3) is 5.57 Å². The number of aromatic nitrogens is 2. The summed E-state index contributed by atoms with van der Waals surface area (Å²) in [4.78, 5) is 16.6. The Morgan fingerprint density at radius 2 is 2.11 bits per heavy atom. The van der Waals surface area contributed by atoms with E-state index in [1.807, 2.05) is 13.1 Å². The average molecular weight is 372 g/mol. The number of piperazine rings is 1. The number of nitrogens with one attached hydrogen (secondary N) is 1. The van der Waals surface area contributed by atoms with Gasteiger partial charge in [-0.2, -0.15) is 5.10 Å². The van der Waals surface area contributed by atoms with Crippen molar-refractivity contribution in [2.24, 2.45) is 5.92 Å². The number of rotatable bonds is 6. The molecule has 1 aromatic heterocycles. The second kappa shape index (κ2) is 9.31. The normalized spacial score (nSPS) is 22.3. The van der Waals surface area contributed by atoms with Crippen molar-refractivity contribution >= 4 is 17.3 Å². The SMILES string of the molecule is CCC(C)NC(=O)CN1CCN(c2cc(C3=CCC(C)CC3)cnn2)CC1. The van der Waals surface area contributed by atoms with E-state index in [9.17, 15) is 4.79 Å². The van der Waals surface area contributed by atoms with E-state index in [-0.39, 0.29) is 11.9 Å². The van der Waals surface area contributed by atoms with Crippen LogP contribution in [0.3, 0.4) is 0 Å². The fourth-order valence-electron chi connectivity index (χ4n) is 3.67. The third-order valence-electron chi connectivity index (χ3n) is 5.77. The lowest BCUT2D eigenvalue weighted by Crippen LogP contribution is -2.50. The standard InChI is InChI=1S/C21H33N5O/c1-4-17(3)23-21(27)15-25-9-11-26(12-10-25)20-13-19(14-22-24-20)18-7-5-16(2)6-8-18/h7,13-14,16-17H,4-6,8-12,15H2,1-3H3,(H,23,27). The van der Waals surface area contributed by atoms with Gasteiger partial charge in [0.25, 0.3) is 0 Å². The molecule has 2 atom stereocenters. The predicted octanol–water partition coefficient (Wildman–Crippen LogP) is 2.72. The molecule has 1 aromatic rings. The second-order valence-electron chi connectivity index (χ2n) is 8.05. The van der Waals surface area contributed by atoms with Gasteiger partial charge in [0.2, 0.25) is 5.91 Å². The number of nitrogens with zero attached hydrogens (tertiary/aromatic N) is 4. The fraction of sp³-hybridized carbons (Fsp3) is 0.667. The Morgan fingerprint density at radius 3 is 2.78 bits per heavy atom. The molecule has 3 rings (SSSR count). The van der Waals surface area contributed by atoms with Gasteiger partial charge in [-0.3, -0.25) is 9.69 Å². The molecule has 6 nitrogen and oxygen atoms in total. The summed E-state index contributed by atoms with van der Waals surface area (Å²) in [5.74, 6) is 1.86. The van der Waals surface area contributed by atoms with E-state index in [1.54, 1.807) is 0 Å². The first-order valence-corrected chi connectivity index (χ1v) is 10.3. The highest BCUT2D eigenvalue weighted by Crippen LogP contribution is 2.30. The number of allylic oxidation sites excluding steroid dienone is 2. The van der Waals surface area contributed by atoms with Crippen molar-refractivity contribution in [3.05, 3.63) is 23.9 Å². The van der Waals surface area contributed by atoms with Gasteiger partial charge in [0.1, 0.15) is 0 Å². The highest BCUT2D eigenvalue weighted by Gasteiger charge is 2.21. The molecular weight excluding hydrogens is 338 g/mol. The Labute approximate surface area is 163 Å². The Kier molecular flexibility index (Phi) is 6.83. The molecule has 1 aliphatic heterocycles. The van der Waals surface area contributed by atoms with Gasteiger partial charge in [-0.05, 0) is 50.2 Å². The minimum absolute atomic E-state index is 0.123. The lowest BCUT2D eigenvalue weighted by atomic mass is 9.88. The van der Waals surface area contributed by atoms with Crippen LogP contribution in [-0.4, -0.2) is 59.8 Å². The zero-order valence-electron chi connectivity index (χ0n) is 16.9. The van der Waals surface area contributed by atoms with Crippen molar-refractivity contribution < 1.29 is 4.79 Å². The van der Waals surface area contributed by atoms with Gasteiger partial charge in [-0.15, -0.1) is 5.10 Å². The number of carbonyl (C=O) groups excluding carboxylic acids is 1. The Bertz CT molecular complexity index is 666. The minimum atomic E-state index is 0.123. The van der Waals surface area contributed by atoms with Crippen LogP contribution in [0, 0.1) is 5.92 Å². The maximum absolute atomic E-state index is 12.1. The smallest absolute Gasteiger partial charge is 0.234 e. The first-order chi connectivity index (χ1) is 13.0. The summed E-state index contributed by atoms with van der Waals surface area (Å²) in [5.41, 5.74) is 2.62. The summed E-state index contributed by atoms with van der Waals surface area (Å²) >= 11 is 0. The summed E-state index contributed by atoms with van der Waals surface area (Å²) in [5, 5.41) is 11.7. The third-order valence-corrected chi connectivity index (χ3v) is 5.77. The van der Waals surface area contributed by atoms with Crippen molar-refractivity contribution in [1.82, 2.24) is 20.4 Å². The predicted molar refractivity (Wildman–Crippen MR) is 110 cm³/mol. The van der Waals surface area contributed by atoms with E-state index >= 15 is 0 Å². The van der Waals surface area contributed by atoms with Gasteiger partial charge in [-0.25, -0.2) is 0 Å². The molecule has 0 aromatic carbocycles. The molecular formula is C21H33N5O. The summed E-state index contributed by atoms with van der Waals surface area (Å²) in [7, 11) is 0. The second-order valence-corrected chi connectivity index (χ2v) is 8.05. The topological polar surface area (TPSA) is 61.4 Å². The summed E-state index contributed by atoms with van der Waals surface area (Å²) in [6.07, 6.45) is 8.75. The largest absolute Gasteiger partial charge is 0.353 e. The van der Waals surface area contributed by atoms with Crippen LogP contribution in [0.2, 0.25) is 0 Å². The molecule has 148 valence electrons. The first-order valence-electron chi connectivity index (χ1n) is 10.3. The van der Waals surface area contributed by atoms with E-state index in [0.717, 1.165) is 57.2 Å². The summed E-state index contributed by atoms with van der Waals surface area (Å²) in [6.45, 7) is 10.4.